The van der Waals surface area contributed by atoms with Crippen molar-refractivity contribution in [2.24, 2.45) is 0 Å². The lowest BCUT2D eigenvalue weighted by Crippen LogP contribution is -2.35. The minimum Gasteiger partial charge on any atom is -0.464 e. The summed E-state index contributed by atoms with van der Waals surface area (Å²) in [5, 5.41) is 7.93. The SMILES string of the molecule is C=CCNNC(=O)O. The fourth-order valence-corrected chi connectivity index (χ4v) is 0.199. The molecule has 8 heavy (non-hydrogen) atoms. The topological polar surface area (TPSA) is 61.4 Å². The molecule has 0 spiro atoms. The van der Waals surface area contributed by atoms with Gasteiger partial charge in [0.05, 0.1) is 0 Å². The van der Waals surface area contributed by atoms with Gasteiger partial charge in [-0.15, -0.1) is 6.58 Å². The summed E-state index contributed by atoms with van der Waals surface area (Å²) in [7, 11) is 0. The van der Waals surface area contributed by atoms with E-state index in [0.717, 1.165) is 0 Å². The highest BCUT2D eigenvalue weighted by Gasteiger charge is 1.86. The number of nitrogens with one attached hydrogen (secondary N) is 2. The van der Waals surface area contributed by atoms with Crippen LogP contribution in [0.3, 0.4) is 0 Å². The van der Waals surface area contributed by atoms with Gasteiger partial charge in [-0.05, 0) is 0 Å². The first-order valence-electron chi connectivity index (χ1n) is 2.10. The minimum atomic E-state index is -1.09. The van der Waals surface area contributed by atoms with Crippen molar-refractivity contribution in [1.82, 2.24) is 10.9 Å². The summed E-state index contributed by atoms with van der Waals surface area (Å²) in [6, 6.07) is 0. The van der Waals surface area contributed by atoms with E-state index >= 15 is 0 Å². The smallest absolute Gasteiger partial charge is 0.419 e. The van der Waals surface area contributed by atoms with Crippen molar-refractivity contribution in [2.75, 3.05) is 6.54 Å². The molecule has 4 heteroatoms. The number of hydrogen-bond donors (Lipinski definition) is 3. The van der Waals surface area contributed by atoms with Gasteiger partial charge >= 0.3 is 6.09 Å². The summed E-state index contributed by atoms with van der Waals surface area (Å²) in [6.45, 7) is 3.80. The molecule has 0 saturated heterocycles. The van der Waals surface area contributed by atoms with Crippen LogP contribution in [0, 0.1) is 0 Å². The van der Waals surface area contributed by atoms with Crippen molar-refractivity contribution in [3.8, 4) is 0 Å². The predicted molar refractivity (Wildman–Crippen MR) is 29.4 cm³/mol. The standard InChI is InChI=1S/C4H8N2O2/c1-2-3-5-6-4(7)8/h2,5-6H,1,3H2,(H,7,8). The molecule has 0 rings (SSSR count). The van der Waals surface area contributed by atoms with Crippen molar-refractivity contribution in [2.45, 2.75) is 0 Å². The van der Waals surface area contributed by atoms with Gasteiger partial charge in [-0.25, -0.2) is 10.2 Å². The second kappa shape index (κ2) is 4.14. The molecule has 0 aliphatic heterocycles. The van der Waals surface area contributed by atoms with Crippen LogP contribution in [-0.2, 0) is 0 Å². The summed E-state index contributed by atoms with van der Waals surface area (Å²) in [4.78, 5) is 9.67. The Kier molecular flexibility index (Phi) is 3.60. The number of rotatable bonds is 3. The molecule has 0 aromatic carbocycles. The zero-order valence-electron chi connectivity index (χ0n) is 4.35. The van der Waals surface area contributed by atoms with Crippen LogP contribution in [-0.4, -0.2) is 17.7 Å². The zero-order chi connectivity index (χ0) is 6.41. The van der Waals surface area contributed by atoms with Crippen molar-refractivity contribution in [3.05, 3.63) is 12.7 Å². The van der Waals surface area contributed by atoms with Gasteiger partial charge in [0.15, 0.2) is 0 Å². The summed E-state index contributed by atoms with van der Waals surface area (Å²) in [6.07, 6.45) is 0.461. The second-order valence-corrected chi connectivity index (χ2v) is 1.10. The van der Waals surface area contributed by atoms with E-state index in [-0.39, 0.29) is 0 Å². The third-order valence-corrected chi connectivity index (χ3v) is 0.442. The van der Waals surface area contributed by atoms with Crippen molar-refractivity contribution >= 4 is 6.09 Å². The lowest BCUT2D eigenvalue weighted by Gasteiger charge is -1.96. The maximum atomic E-state index is 9.67. The number of hydrazine groups is 1. The van der Waals surface area contributed by atoms with E-state index in [4.69, 9.17) is 5.11 Å². The molecule has 0 aliphatic rings. The maximum Gasteiger partial charge on any atom is 0.419 e. The molecular formula is C4H8N2O2. The van der Waals surface area contributed by atoms with Crippen LogP contribution in [0.15, 0.2) is 12.7 Å². The van der Waals surface area contributed by atoms with Crippen molar-refractivity contribution < 1.29 is 9.90 Å². The van der Waals surface area contributed by atoms with Gasteiger partial charge in [-0.3, -0.25) is 5.43 Å². The first-order valence-corrected chi connectivity index (χ1v) is 2.10. The van der Waals surface area contributed by atoms with Crippen LogP contribution in [0.2, 0.25) is 0 Å². The van der Waals surface area contributed by atoms with Crippen LogP contribution in [0.1, 0.15) is 0 Å². The molecule has 0 fully saturated rings. The first kappa shape index (κ1) is 6.97. The quantitative estimate of drug-likeness (QED) is 0.275. The van der Waals surface area contributed by atoms with Gasteiger partial charge in [0.1, 0.15) is 0 Å². The van der Waals surface area contributed by atoms with Gasteiger partial charge in [0.2, 0.25) is 0 Å². The molecule has 1 amide bonds. The molecule has 3 N–H and O–H groups in total. The third kappa shape index (κ3) is 4.97. The first-order chi connectivity index (χ1) is 3.77. The molecule has 0 bridgehead atoms. The van der Waals surface area contributed by atoms with Gasteiger partial charge in [-0.1, -0.05) is 6.08 Å². The Morgan fingerprint density at radius 1 is 1.88 bits per heavy atom. The molecule has 46 valence electrons. The van der Waals surface area contributed by atoms with Crippen molar-refractivity contribution in [3.63, 3.8) is 0 Å². The fourth-order valence-electron chi connectivity index (χ4n) is 0.199. The molecule has 0 aromatic rings. The summed E-state index contributed by atoms with van der Waals surface area (Å²) in [5.41, 5.74) is 4.31. The van der Waals surface area contributed by atoms with Gasteiger partial charge in [-0.2, -0.15) is 0 Å². The van der Waals surface area contributed by atoms with E-state index in [2.05, 4.69) is 12.0 Å². The number of carboxylic acid groups (broad SMARTS) is 1. The van der Waals surface area contributed by atoms with E-state index in [0.29, 0.717) is 6.54 Å². The lowest BCUT2D eigenvalue weighted by molar-refractivity contribution is 0.190. The Morgan fingerprint density at radius 2 is 2.50 bits per heavy atom. The lowest BCUT2D eigenvalue weighted by atomic mass is 10.7. The summed E-state index contributed by atoms with van der Waals surface area (Å²) < 4.78 is 0. The molecular weight excluding hydrogens is 108 g/mol. The predicted octanol–water partition coefficient (Wildman–Crippen LogP) is -0.0554. The van der Waals surface area contributed by atoms with E-state index in [9.17, 15) is 4.79 Å². The fraction of sp³-hybridized carbons (Fsp3) is 0.250. The highest BCUT2D eigenvalue weighted by molar-refractivity contribution is 5.63. The Labute approximate surface area is 47.2 Å². The maximum absolute atomic E-state index is 9.67. The normalized spacial score (nSPS) is 8.00. The molecule has 0 saturated carbocycles. The van der Waals surface area contributed by atoms with Crippen LogP contribution in [0.25, 0.3) is 0 Å². The highest BCUT2D eigenvalue weighted by Crippen LogP contribution is 1.55. The van der Waals surface area contributed by atoms with Gasteiger partial charge in [0, 0.05) is 6.54 Å². The monoisotopic (exact) mass is 116 g/mol. The molecule has 0 unspecified atom stereocenters. The average Bonchev–Trinajstić information content (AvgIpc) is 1.66. The van der Waals surface area contributed by atoms with E-state index in [1.807, 2.05) is 5.43 Å². The van der Waals surface area contributed by atoms with Gasteiger partial charge < -0.3 is 5.11 Å². The largest absolute Gasteiger partial charge is 0.464 e. The highest BCUT2D eigenvalue weighted by atomic mass is 16.4. The van der Waals surface area contributed by atoms with Crippen molar-refractivity contribution in [1.29, 1.82) is 0 Å². The number of carbonyl (C=O) groups is 1. The minimum absolute atomic E-state index is 0.437. The average molecular weight is 116 g/mol. The Balaban J connectivity index is 2.93. The van der Waals surface area contributed by atoms with Gasteiger partial charge in [0.25, 0.3) is 0 Å². The zero-order valence-corrected chi connectivity index (χ0v) is 4.35. The molecule has 0 atom stereocenters. The summed E-state index contributed by atoms with van der Waals surface area (Å²) >= 11 is 0. The molecule has 0 aliphatic carbocycles. The number of amides is 1. The van der Waals surface area contributed by atoms with Crippen LogP contribution in [0.4, 0.5) is 4.79 Å². The second-order valence-electron chi connectivity index (χ2n) is 1.10. The van der Waals surface area contributed by atoms with Crippen LogP contribution < -0.4 is 10.9 Å². The molecule has 0 radical (unpaired) electrons. The molecule has 0 heterocycles. The third-order valence-electron chi connectivity index (χ3n) is 0.442. The Bertz CT molecular complexity index is 92.0. The van der Waals surface area contributed by atoms with E-state index < -0.39 is 6.09 Å². The van der Waals surface area contributed by atoms with Crippen LogP contribution in [0.5, 0.6) is 0 Å². The number of hydrogen-bond acceptors (Lipinski definition) is 2. The molecule has 0 aromatic heterocycles. The summed E-state index contributed by atoms with van der Waals surface area (Å²) in [5.74, 6) is 0. The van der Waals surface area contributed by atoms with E-state index in [1.165, 1.54) is 0 Å². The van der Waals surface area contributed by atoms with E-state index in [1.54, 1.807) is 6.08 Å². The molecule has 4 nitrogen and oxygen atoms in total. The Hall–Kier alpha value is -1.03. The van der Waals surface area contributed by atoms with Crippen LogP contribution >= 0.6 is 0 Å². The Morgan fingerprint density at radius 3 is 2.88 bits per heavy atom.